The molecule has 1 saturated heterocycles. The van der Waals surface area contributed by atoms with Crippen LogP contribution < -0.4 is 5.32 Å². The van der Waals surface area contributed by atoms with Crippen LogP contribution in [0.5, 0.6) is 0 Å². The van der Waals surface area contributed by atoms with Gasteiger partial charge in [0.15, 0.2) is 0 Å². The summed E-state index contributed by atoms with van der Waals surface area (Å²) in [7, 11) is 0. The molecule has 26 heavy (non-hydrogen) atoms. The second-order valence-corrected chi connectivity index (χ2v) is 6.35. The molecule has 2 aromatic rings. The summed E-state index contributed by atoms with van der Waals surface area (Å²) >= 11 is 0. The summed E-state index contributed by atoms with van der Waals surface area (Å²) in [4.78, 5) is 25.2. The van der Waals surface area contributed by atoms with Crippen LogP contribution in [0.25, 0.3) is 0 Å². The fourth-order valence-electron chi connectivity index (χ4n) is 3.08. The summed E-state index contributed by atoms with van der Waals surface area (Å²) in [5.74, 6) is -1.01. The molecule has 1 aliphatic heterocycles. The molecule has 1 heterocycles. The van der Waals surface area contributed by atoms with Crippen LogP contribution in [0.4, 0.5) is 4.79 Å². The van der Waals surface area contributed by atoms with E-state index in [0.29, 0.717) is 19.5 Å². The normalized spacial score (nSPS) is 19.3. The van der Waals surface area contributed by atoms with E-state index < -0.39 is 18.1 Å². The van der Waals surface area contributed by atoms with Crippen LogP contribution in [0, 0.1) is 0 Å². The fraction of sp³-hybridized carbons (Fsp3) is 0.300. The number of benzene rings is 2. The molecule has 2 aromatic carbocycles. The van der Waals surface area contributed by atoms with E-state index >= 15 is 0 Å². The molecule has 1 fully saturated rings. The number of carboxylic acid groups (broad SMARTS) is 1. The van der Waals surface area contributed by atoms with Crippen molar-refractivity contribution in [3.63, 3.8) is 0 Å². The highest BCUT2D eigenvalue weighted by Gasteiger charge is 2.40. The van der Waals surface area contributed by atoms with Crippen molar-refractivity contribution in [3.8, 4) is 0 Å². The third kappa shape index (κ3) is 4.61. The van der Waals surface area contributed by atoms with E-state index in [1.165, 1.54) is 4.90 Å². The first-order valence-corrected chi connectivity index (χ1v) is 8.61. The second kappa shape index (κ2) is 8.49. The molecule has 2 atom stereocenters. The molecule has 136 valence electrons. The van der Waals surface area contributed by atoms with Gasteiger partial charge >= 0.3 is 12.1 Å². The van der Waals surface area contributed by atoms with Crippen LogP contribution in [0.2, 0.25) is 0 Å². The van der Waals surface area contributed by atoms with E-state index in [4.69, 9.17) is 4.74 Å². The van der Waals surface area contributed by atoms with E-state index in [-0.39, 0.29) is 12.6 Å². The minimum atomic E-state index is -1.01. The molecule has 0 saturated carbocycles. The largest absolute Gasteiger partial charge is 0.480 e. The average Bonchev–Trinajstić information content (AvgIpc) is 3.11. The molecule has 0 unspecified atom stereocenters. The lowest BCUT2D eigenvalue weighted by Gasteiger charge is -2.20. The number of amides is 1. The zero-order chi connectivity index (χ0) is 18.4. The number of likely N-dealkylation sites (tertiary alicyclic amines) is 1. The molecule has 0 aromatic heterocycles. The predicted octanol–water partition coefficient (Wildman–Crippen LogP) is 2.64. The van der Waals surface area contributed by atoms with E-state index in [9.17, 15) is 14.7 Å². The first kappa shape index (κ1) is 17.9. The van der Waals surface area contributed by atoms with Crippen LogP contribution in [0.15, 0.2) is 60.7 Å². The van der Waals surface area contributed by atoms with Gasteiger partial charge in [-0.3, -0.25) is 4.90 Å². The number of nitrogens with one attached hydrogen (secondary N) is 1. The van der Waals surface area contributed by atoms with Crippen molar-refractivity contribution in [2.24, 2.45) is 0 Å². The zero-order valence-electron chi connectivity index (χ0n) is 14.4. The van der Waals surface area contributed by atoms with Crippen molar-refractivity contribution in [1.29, 1.82) is 0 Å². The van der Waals surface area contributed by atoms with Crippen molar-refractivity contribution in [3.05, 3.63) is 71.8 Å². The number of carbonyl (C=O) groups excluding carboxylic acids is 1. The van der Waals surface area contributed by atoms with Crippen molar-refractivity contribution in [2.75, 3.05) is 6.54 Å². The van der Waals surface area contributed by atoms with Crippen LogP contribution >= 0.6 is 0 Å². The van der Waals surface area contributed by atoms with Crippen LogP contribution in [0.3, 0.4) is 0 Å². The molecular weight excluding hydrogens is 332 g/mol. The predicted molar refractivity (Wildman–Crippen MR) is 96.4 cm³/mol. The summed E-state index contributed by atoms with van der Waals surface area (Å²) in [6.45, 7) is 1.08. The van der Waals surface area contributed by atoms with Gasteiger partial charge in [0.2, 0.25) is 0 Å². The fourth-order valence-corrected chi connectivity index (χ4v) is 3.08. The highest BCUT2D eigenvalue weighted by molar-refractivity contribution is 5.81. The van der Waals surface area contributed by atoms with Crippen LogP contribution in [-0.2, 0) is 22.7 Å². The number of carbonyl (C=O) groups is 2. The van der Waals surface area contributed by atoms with E-state index in [2.05, 4.69) is 5.32 Å². The maximum atomic E-state index is 12.4. The van der Waals surface area contributed by atoms with E-state index in [1.54, 1.807) is 0 Å². The molecule has 1 aliphatic rings. The third-order valence-electron chi connectivity index (χ3n) is 4.46. The molecule has 0 aliphatic carbocycles. The second-order valence-electron chi connectivity index (χ2n) is 6.35. The standard InChI is InChI=1S/C20H22N2O4/c23-19(24)18-11-17(21-12-15-7-3-1-4-8-15)13-22(18)20(25)26-14-16-9-5-2-6-10-16/h1-10,17-18,21H,11-14H2,(H,23,24)/t17-,18-/m0/s1. The molecular formula is C20H22N2O4. The summed E-state index contributed by atoms with van der Waals surface area (Å²) < 4.78 is 5.30. The highest BCUT2D eigenvalue weighted by Crippen LogP contribution is 2.20. The maximum Gasteiger partial charge on any atom is 0.410 e. The first-order valence-electron chi connectivity index (χ1n) is 8.61. The number of rotatable bonds is 6. The van der Waals surface area contributed by atoms with Gasteiger partial charge < -0.3 is 15.2 Å². The van der Waals surface area contributed by atoms with Gasteiger partial charge in [-0.05, 0) is 17.5 Å². The first-order chi connectivity index (χ1) is 12.6. The van der Waals surface area contributed by atoms with Crippen LogP contribution in [0.1, 0.15) is 17.5 Å². The summed E-state index contributed by atoms with van der Waals surface area (Å²) in [5.41, 5.74) is 1.98. The minimum Gasteiger partial charge on any atom is -0.480 e. The topological polar surface area (TPSA) is 78.9 Å². The van der Waals surface area contributed by atoms with Crippen molar-refractivity contribution >= 4 is 12.1 Å². The number of hydrogen-bond donors (Lipinski definition) is 2. The Morgan fingerprint density at radius 2 is 1.65 bits per heavy atom. The molecule has 0 bridgehead atoms. The van der Waals surface area contributed by atoms with Crippen LogP contribution in [-0.4, -0.2) is 40.7 Å². The Balaban J connectivity index is 1.56. The molecule has 3 rings (SSSR count). The van der Waals surface area contributed by atoms with Crippen molar-refractivity contribution in [1.82, 2.24) is 10.2 Å². The average molecular weight is 354 g/mol. The minimum absolute atomic E-state index is 0.0828. The van der Waals surface area contributed by atoms with Gasteiger partial charge in [0.1, 0.15) is 12.6 Å². The Morgan fingerprint density at radius 1 is 1.04 bits per heavy atom. The van der Waals surface area contributed by atoms with Gasteiger partial charge in [0.05, 0.1) is 0 Å². The third-order valence-corrected chi connectivity index (χ3v) is 4.46. The smallest absolute Gasteiger partial charge is 0.410 e. The van der Waals surface area contributed by atoms with Crippen molar-refractivity contribution < 1.29 is 19.4 Å². The van der Waals surface area contributed by atoms with Gasteiger partial charge in [-0.25, -0.2) is 9.59 Å². The molecule has 6 heteroatoms. The SMILES string of the molecule is O=C(O)[C@@H]1C[C@H](NCc2ccccc2)CN1C(=O)OCc1ccccc1. The zero-order valence-corrected chi connectivity index (χ0v) is 14.4. The number of hydrogen-bond acceptors (Lipinski definition) is 4. The molecule has 0 spiro atoms. The Labute approximate surface area is 152 Å². The van der Waals surface area contributed by atoms with Gasteiger partial charge in [0, 0.05) is 19.1 Å². The number of nitrogens with zero attached hydrogens (tertiary/aromatic N) is 1. The summed E-state index contributed by atoms with van der Waals surface area (Å²) in [6, 6.07) is 18.2. The van der Waals surface area contributed by atoms with Gasteiger partial charge in [-0.2, -0.15) is 0 Å². The van der Waals surface area contributed by atoms with E-state index in [0.717, 1.165) is 11.1 Å². The lowest BCUT2D eigenvalue weighted by atomic mass is 10.1. The molecule has 6 nitrogen and oxygen atoms in total. The van der Waals surface area contributed by atoms with Gasteiger partial charge in [-0.15, -0.1) is 0 Å². The Kier molecular flexibility index (Phi) is 5.86. The lowest BCUT2D eigenvalue weighted by molar-refractivity contribution is -0.141. The Morgan fingerprint density at radius 3 is 2.27 bits per heavy atom. The Hall–Kier alpha value is -2.86. The maximum absolute atomic E-state index is 12.4. The van der Waals surface area contributed by atoms with Gasteiger partial charge in [-0.1, -0.05) is 60.7 Å². The summed E-state index contributed by atoms with van der Waals surface area (Å²) in [5, 5.41) is 12.8. The molecule has 0 radical (unpaired) electrons. The quantitative estimate of drug-likeness (QED) is 0.834. The summed E-state index contributed by atoms with van der Waals surface area (Å²) in [6.07, 6.45) is -0.229. The molecule has 1 amide bonds. The van der Waals surface area contributed by atoms with E-state index in [1.807, 2.05) is 60.7 Å². The monoisotopic (exact) mass is 354 g/mol. The lowest BCUT2D eigenvalue weighted by Crippen LogP contribution is -2.41. The number of aliphatic carboxylic acids is 1. The Bertz CT molecular complexity index is 736. The molecule has 2 N–H and O–H groups in total. The number of ether oxygens (including phenoxy) is 1. The highest BCUT2D eigenvalue weighted by atomic mass is 16.6. The van der Waals surface area contributed by atoms with Gasteiger partial charge in [0.25, 0.3) is 0 Å². The van der Waals surface area contributed by atoms with Crippen molar-refractivity contribution in [2.45, 2.75) is 31.7 Å². The number of carboxylic acids is 1.